The minimum atomic E-state index is -4.14. The van der Waals surface area contributed by atoms with E-state index < -0.39 is 12.7 Å². The molecule has 0 aromatic carbocycles. The number of hydrogen-bond donors (Lipinski definition) is 1. The van der Waals surface area contributed by atoms with Crippen LogP contribution in [-0.2, 0) is 4.74 Å². The van der Waals surface area contributed by atoms with Crippen LogP contribution in [0.1, 0.15) is 12.8 Å². The summed E-state index contributed by atoms with van der Waals surface area (Å²) in [6.45, 7) is 1.11. The van der Waals surface area contributed by atoms with E-state index in [0.29, 0.717) is 26.3 Å². The maximum absolute atomic E-state index is 12.2. The molecule has 0 spiro atoms. The Labute approximate surface area is 93.7 Å². The van der Waals surface area contributed by atoms with Crippen molar-refractivity contribution in [1.29, 1.82) is 0 Å². The van der Waals surface area contributed by atoms with Crippen LogP contribution in [0.4, 0.5) is 13.2 Å². The van der Waals surface area contributed by atoms with Gasteiger partial charge in [0.25, 0.3) is 0 Å². The first-order valence-electron chi connectivity index (χ1n) is 5.40. The van der Waals surface area contributed by atoms with E-state index in [-0.39, 0.29) is 5.41 Å². The first-order valence-corrected chi connectivity index (χ1v) is 5.40. The second kappa shape index (κ2) is 5.33. The van der Waals surface area contributed by atoms with Gasteiger partial charge in [-0.25, -0.2) is 0 Å². The van der Waals surface area contributed by atoms with Gasteiger partial charge in [0.05, 0.1) is 6.54 Å². The molecule has 0 atom stereocenters. The van der Waals surface area contributed by atoms with Gasteiger partial charge in [0.2, 0.25) is 0 Å². The van der Waals surface area contributed by atoms with Crippen LogP contribution in [0.3, 0.4) is 0 Å². The molecular weight excluding hydrogens is 221 g/mol. The van der Waals surface area contributed by atoms with Crippen LogP contribution in [0.5, 0.6) is 0 Å². The summed E-state index contributed by atoms with van der Waals surface area (Å²) < 4.78 is 41.8. The lowest BCUT2D eigenvalue weighted by molar-refractivity contribution is -0.147. The van der Waals surface area contributed by atoms with E-state index in [1.807, 2.05) is 0 Å². The molecule has 0 radical (unpaired) electrons. The van der Waals surface area contributed by atoms with Gasteiger partial charge >= 0.3 is 6.18 Å². The van der Waals surface area contributed by atoms with Crippen LogP contribution in [0.15, 0.2) is 0 Å². The molecule has 6 heteroatoms. The molecule has 0 aromatic heterocycles. The first kappa shape index (κ1) is 13.7. The van der Waals surface area contributed by atoms with Gasteiger partial charge in [-0.05, 0) is 31.8 Å². The molecule has 0 bridgehead atoms. The van der Waals surface area contributed by atoms with Crippen molar-refractivity contribution in [3.63, 3.8) is 0 Å². The van der Waals surface area contributed by atoms with E-state index in [4.69, 9.17) is 10.5 Å². The number of alkyl halides is 3. The highest BCUT2D eigenvalue weighted by Gasteiger charge is 2.36. The molecule has 1 aliphatic rings. The highest BCUT2D eigenvalue weighted by molar-refractivity contribution is 4.85. The van der Waals surface area contributed by atoms with E-state index in [9.17, 15) is 13.2 Å². The van der Waals surface area contributed by atoms with Crippen LogP contribution in [-0.4, -0.2) is 51.0 Å². The van der Waals surface area contributed by atoms with Crippen molar-refractivity contribution >= 4 is 0 Å². The summed E-state index contributed by atoms with van der Waals surface area (Å²) in [7, 11) is 1.49. The number of hydrogen-bond acceptors (Lipinski definition) is 3. The van der Waals surface area contributed by atoms with E-state index in [1.165, 1.54) is 11.9 Å². The third kappa shape index (κ3) is 4.27. The average Bonchev–Trinajstić information content (AvgIpc) is 2.16. The molecule has 3 nitrogen and oxygen atoms in total. The zero-order valence-corrected chi connectivity index (χ0v) is 9.52. The summed E-state index contributed by atoms with van der Waals surface area (Å²) in [6, 6.07) is 0. The largest absolute Gasteiger partial charge is 0.401 e. The fourth-order valence-corrected chi connectivity index (χ4v) is 2.17. The van der Waals surface area contributed by atoms with Crippen molar-refractivity contribution in [3.8, 4) is 0 Å². The van der Waals surface area contributed by atoms with Gasteiger partial charge in [-0.3, -0.25) is 4.90 Å². The molecule has 16 heavy (non-hydrogen) atoms. The Balaban J connectivity index is 2.48. The molecule has 0 aliphatic carbocycles. The number of ether oxygens (including phenoxy) is 1. The molecule has 96 valence electrons. The van der Waals surface area contributed by atoms with E-state index >= 15 is 0 Å². The summed E-state index contributed by atoms with van der Waals surface area (Å²) in [5.74, 6) is 0. The van der Waals surface area contributed by atoms with Crippen molar-refractivity contribution in [2.75, 3.05) is 39.9 Å². The van der Waals surface area contributed by atoms with Crippen LogP contribution < -0.4 is 5.73 Å². The highest BCUT2D eigenvalue weighted by Crippen LogP contribution is 2.30. The Hall–Kier alpha value is -0.330. The standard InChI is InChI=1S/C10H19F3N2O/c1-15(8-10(11,12)13)7-9(6-14)2-4-16-5-3-9/h2-8,14H2,1H3. The lowest BCUT2D eigenvalue weighted by Gasteiger charge is -2.39. The summed E-state index contributed by atoms with van der Waals surface area (Å²) in [5.41, 5.74) is 5.48. The SMILES string of the molecule is CN(CC(F)(F)F)CC1(CN)CCOCC1. The topological polar surface area (TPSA) is 38.5 Å². The van der Waals surface area contributed by atoms with Gasteiger partial charge in [-0.2, -0.15) is 13.2 Å². The van der Waals surface area contributed by atoms with Gasteiger partial charge in [-0.1, -0.05) is 0 Å². The molecule has 1 saturated heterocycles. The Morgan fingerprint density at radius 2 is 1.88 bits per heavy atom. The molecule has 0 amide bonds. The fourth-order valence-electron chi connectivity index (χ4n) is 2.17. The average molecular weight is 240 g/mol. The number of rotatable bonds is 4. The van der Waals surface area contributed by atoms with Gasteiger partial charge in [0.1, 0.15) is 0 Å². The molecule has 1 aliphatic heterocycles. The van der Waals surface area contributed by atoms with Crippen LogP contribution in [0, 0.1) is 5.41 Å². The maximum atomic E-state index is 12.2. The predicted molar refractivity (Wildman–Crippen MR) is 55.1 cm³/mol. The minimum absolute atomic E-state index is 0.210. The Morgan fingerprint density at radius 3 is 2.31 bits per heavy atom. The zero-order chi connectivity index (χ0) is 12.2. The van der Waals surface area contributed by atoms with Gasteiger partial charge < -0.3 is 10.5 Å². The predicted octanol–water partition coefficient (Wildman–Crippen LogP) is 1.24. The molecule has 0 saturated carbocycles. The third-order valence-corrected chi connectivity index (χ3v) is 3.04. The number of nitrogens with zero attached hydrogens (tertiary/aromatic N) is 1. The third-order valence-electron chi connectivity index (χ3n) is 3.04. The van der Waals surface area contributed by atoms with Crippen molar-refractivity contribution < 1.29 is 17.9 Å². The molecule has 0 unspecified atom stereocenters. The van der Waals surface area contributed by atoms with Gasteiger partial charge in [-0.15, -0.1) is 0 Å². The maximum Gasteiger partial charge on any atom is 0.401 e. The van der Waals surface area contributed by atoms with E-state index in [2.05, 4.69) is 0 Å². The smallest absolute Gasteiger partial charge is 0.381 e. The molecule has 0 aromatic rings. The molecular formula is C10H19F3N2O. The lowest BCUT2D eigenvalue weighted by atomic mass is 9.80. The molecule has 1 rings (SSSR count). The normalized spacial score (nSPS) is 21.4. The first-order chi connectivity index (χ1) is 7.37. The number of nitrogens with two attached hydrogens (primary N) is 1. The molecule has 1 fully saturated rings. The molecule has 1 heterocycles. The fraction of sp³-hybridized carbons (Fsp3) is 1.00. The van der Waals surface area contributed by atoms with Crippen molar-refractivity contribution in [2.24, 2.45) is 11.1 Å². The van der Waals surface area contributed by atoms with E-state index in [1.54, 1.807) is 0 Å². The van der Waals surface area contributed by atoms with Crippen LogP contribution >= 0.6 is 0 Å². The van der Waals surface area contributed by atoms with Crippen molar-refractivity contribution in [1.82, 2.24) is 4.90 Å². The minimum Gasteiger partial charge on any atom is -0.381 e. The Bertz CT molecular complexity index is 215. The molecule has 2 N–H and O–H groups in total. The van der Waals surface area contributed by atoms with Gasteiger partial charge in [0.15, 0.2) is 0 Å². The second-order valence-electron chi connectivity index (χ2n) is 4.60. The summed E-state index contributed by atoms with van der Waals surface area (Å²) in [4.78, 5) is 1.30. The highest BCUT2D eigenvalue weighted by atomic mass is 19.4. The lowest BCUT2D eigenvalue weighted by Crippen LogP contribution is -2.46. The second-order valence-corrected chi connectivity index (χ2v) is 4.60. The summed E-state index contributed by atoms with van der Waals surface area (Å²) in [5, 5.41) is 0. The van der Waals surface area contributed by atoms with E-state index in [0.717, 1.165) is 12.8 Å². The van der Waals surface area contributed by atoms with Crippen LogP contribution in [0.2, 0.25) is 0 Å². The Kier molecular flexibility index (Phi) is 4.58. The zero-order valence-electron chi connectivity index (χ0n) is 9.52. The monoisotopic (exact) mass is 240 g/mol. The Morgan fingerprint density at radius 1 is 1.31 bits per heavy atom. The number of halogens is 3. The summed E-state index contributed by atoms with van der Waals surface area (Å²) >= 11 is 0. The van der Waals surface area contributed by atoms with Crippen molar-refractivity contribution in [2.45, 2.75) is 19.0 Å². The summed E-state index contributed by atoms with van der Waals surface area (Å²) in [6.07, 6.45) is -2.66. The van der Waals surface area contributed by atoms with Crippen molar-refractivity contribution in [3.05, 3.63) is 0 Å². The van der Waals surface area contributed by atoms with Gasteiger partial charge in [0, 0.05) is 19.8 Å². The van der Waals surface area contributed by atoms with Crippen LogP contribution in [0.25, 0.3) is 0 Å². The quantitative estimate of drug-likeness (QED) is 0.803.